The second kappa shape index (κ2) is 6.45. The Morgan fingerprint density at radius 3 is 2.62 bits per heavy atom. The lowest BCUT2D eigenvalue weighted by atomic mass is 10.2. The molecular formula is C16H22N2O3. The Morgan fingerprint density at radius 2 is 1.90 bits per heavy atom. The lowest BCUT2D eigenvalue weighted by molar-refractivity contribution is 0.0925. The molecule has 2 heterocycles. The van der Waals surface area contributed by atoms with Crippen molar-refractivity contribution in [1.29, 1.82) is 0 Å². The average Bonchev–Trinajstić information content (AvgIpc) is 3.15. The molecule has 0 saturated carbocycles. The fourth-order valence-corrected chi connectivity index (χ4v) is 3.16. The van der Waals surface area contributed by atoms with Crippen LogP contribution in [-0.2, 0) is 11.3 Å². The zero-order valence-corrected chi connectivity index (χ0v) is 12.1. The normalized spacial score (nSPS) is 26.2. The number of carbonyl (C=O) groups excluding carboxylic acids is 1. The van der Waals surface area contributed by atoms with Crippen molar-refractivity contribution < 1.29 is 14.6 Å². The second-order valence-corrected chi connectivity index (χ2v) is 5.82. The number of hydrogen-bond acceptors (Lipinski definition) is 4. The fourth-order valence-electron chi connectivity index (χ4n) is 3.16. The molecule has 0 unspecified atom stereocenters. The van der Waals surface area contributed by atoms with Crippen LogP contribution in [0.2, 0.25) is 0 Å². The van der Waals surface area contributed by atoms with E-state index in [9.17, 15) is 9.90 Å². The highest BCUT2D eigenvalue weighted by Crippen LogP contribution is 2.21. The first-order valence-corrected chi connectivity index (χ1v) is 7.62. The molecule has 0 aliphatic carbocycles. The van der Waals surface area contributed by atoms with Gasteiger partial charge in [-0.2, -0.15) is 0 Å². The van der Waals surface area contributed by atoms with Gasteiger partial charge in [-0.05, 0) is 31.5 Å². The van der Waals surface area contributed by atoms with Crippen molar-refractivity contribution in [2.45, 2.75) is 31.6 Å². The maximum absolute atomic E-state index is 12.1. The topological polar surface area (TPSA) is 53.0 Å². The van der Waals surface area contributed by atoms with Crippen LogP contribution in [0.15, 0.2) is 30.3 Å². The first-order valence-electron chi connectivity index (χ1n) is 7.62. The van der Waals surface area contributed by atoms with Crippen molar-refractivity contribution in [1.82, 2.24) is 9.80 Å². The van der Waals surface area contributed by atoms with Gasteiger partial charge in [0.25, 0.3) is 0 Å². The van der Waals surface area contributed by atoms with E-state index in [2.05, 4.69) is 4.90 Å². The molecule has 1 N–H and O–H groups in total. The number of nitrogens with zero attached hydrogens (tertiary/aromatic N) is 2. The lowest BCUT2D eigenvalue weighted by Crippen LogP contribution is -2.41. The van der Waals surface area contributed by atoms with E-state index in [1.807, 2.05) is 30.3 Å². The van der Waals surface area contributed by atoms with Gasteiger partial charge in [0, 0.05) is 6.54 Å². The van der Waals surface area contributed by atoms with E-state index in [1.54, 1.807) is 4.90 Å². The van der Waals surface area contributed by atoms with Crippen molar-refractivity contribution in [3.8, 4) is 0 Å². The van der Waals surface area contributed by atoms with Gasteiger partial charge < -0.3 is 14.7 Å². The lowest BCUT2D eigenvalue weighted by Gasteiger charge is -2.25. The van der Waals surface area contributed by atoms with Crippen molar-refractivity contribution in [3.05, 3.63) is 35.9 Å². The predicted octanol–water partition coefficient (Wildman–Crippen LogP) is 1.46. The third-order valence-electron chi connectivity index (χ3n) is 4.33. The average molecular weight is 290 g/mol. The van der Waals surface area contributed by atoms with Crippen LogP contribution in [-0.4, -0.2) is 59.3 Å². The van der Waals surface area contributed by atoms with E-state index >= 15 is 0 Å². The number of ether oxygens (including phenoxy) is 1. The number of benzene rings is 1. The number of amides is 1. The zero-order chi connectivity index (χ0) is 14.7. The molecule has 21 heavy (non-hydrogen) atoms. The van der Waals surface area contributed by atoms with Crippen LogP contribution in [0.5, 0.6) is 0 Å². The minimum absolute atomic E-state index is 0.0665. The van der Waals surface area contributed by atoms with E-state index < -0.39 is 6.10 Å². The molecule has 3 rings (SSSR count). The molecule has 0 aromatic heterocycles. The summed E-state index contributed by atoms with van der Waals surface area (Å²) in [5, 5.41) is 10.2. The van der Waals surface area contributed by atoms with Crippen molar-refractivity contribution in [3.63, 3.8) is 0 Å². The Hall–Kier alpha value is -1.59. The van der Waals surface area contributed by atoms with Gasteiger partial charge in [0.1, 0.15) is 6.61 Å². The third kappa shape index (κ3) is 3.36. The molecule has 2 aliphatic heterocycles. The smallest absolute Gasteiger partial charge is 0.410 e. The first kappa shape index (κ1) is 14.4. The molecule has 2 saturated heterocycles. The van der Waals surface area contributed by atoms with Gasteiger partial charge in [-0.3, -0.25) is 4.90 Å². The number of β-amino-alcohol motifs (C(OH)–C–C–N with tert-alkyl or cyclic N) is 1. The molecule has 0 spiro atoms. The first-order chi connectivity index (χ1) is 10.2. The molecule has 114 valence electrons. The van der Waals surface area contributed by atoms with E-state index in [1.165, 1.54) is 12.8 Å². The van der Waals surface area contributed by atoms with Crippen molar-refractivity contribution >= 4 is 6.09 Å². The Balaban J connectivity index is 1.51. The van der Waals surface area contributed by atoms with Gasteiger partial charge in [-0.1, -0.05) is 30.3 Å². The van der Waals surface area contributed by atoms with Gasteiger partial charge in [0.2, 0.25) is 0 Å². The maximum atomic E-state index is 12.1. The summed E-state index contributed by atoms with van der Waals surface area (Å²) in [6, 6.07) is 9.70. The molecule has 1 aromatic rings. The largest absolute Gasteiger partial charge is 0.445 e. The number of hydrogen-bond donors (Lipinski definition) is 1. The Bertz CT molecular complexity index is 474. The summed E-state index contributed by atoms with van der Waals surface area (Å²) in [7, 11) is 0. The van der Waals surface area contributed by atoms with Crippen LogP contribution in [0.1, 0.15) is 18.4 Å². The van der Waals surface area contributed by atoms with Gasteiger partial charge in [0.05, 0.1) is 18.7 Å². The highest BCUT2D eigenvalue weighted by atomic mass is 16.6. The van der Waals surface area contributed by atoms with Crippen LogP contribution in [0.4, 0.5) is 4.79 Å². The minimum Gasteiger partial charge on any atom is -0.445 e. The van der Waals surface area contributed by atoms with Crippen LogP contribution >= 0.6 is 0 Å². The standard InChI is InChI=1S/C16H22N2O3/c19-15-11-18(10-14(15)17-8-4-5-9-17)16(20)21-12-13-6-2-1-3-7-13/h1-3,6-7,14-15,19H,4-5,8-12H2/t14-,15-/m1/s1. The quantitative estimate of drug-likeness (QED) is 0.916. The predicted molar refractivity (Wildman–Crippen MR) is 78.8 cm³/mol. The molecule has 1 aromatic carbocycles. The molecular weight excluding hydrogens is 268 g/mol. The third-order valence-corrected chi connectivity index (χ3v) is 4.33. The van der Waals surface area contributed by atoms with Crippen LogP contribution in [0, 0.1) is 0 Å². The molecule has 0 radical (unpaired) electrons. The summed E-state index contributed by atoms with van der Waals surface area (Å²) in [6.45, 7) is 3.26. The Labute approximate surface area is 125 Å². The molecule has 5 heteroatoms. The fraction of sp³-hybridized carbons (Fsp3) is 0.562. The summed E-state index contributed by atoms with van der Waals surface area (Å²) in [5.74, 6) is 0. The summed E-state index contributed by atoms with van der Waals surface area (Å²) in [5.41, 5.74) is 0.974. The highest BCUT2D eigenvalue weighted by molar-refractivity contribution is 5.68. The van der Waals surface area contributed by atoms with Gasteiger partial charge in [-0.25, -0.2) is 4.79 Å². The number of rotatable bonds is 3. The molecule has 1 amide bonds. The second-order valence-electron chi connectivity index (χ2n) is 5.82. The molecule has 5 nitrogen and oxygen atoms in total. The zero-order valence-electron chi connectivity index (χ0n) is 12.1. The van der Waals surface area contributed by atoms with E-state index in [0.29, 0.717) is 13.1 Å². The van der Waals surface area contributed by atoms with Crippen LogP contribution in [0.25, 0.3) is 0 Å². The monoisotopic (exact) mass is 290 g/mol. The van der Waals surface area contributed by atoms with E-state index in [-0.39, 0.29) is 18.7 Å². The summed E-state index contributed by atoms with van der Waals surface area (Å²) in [6.07, 6.45) is 1.57. The molecule has 2 fully saturated rings. The molecule has 0 bridgehead atoms. The summed E-state index contributed by atoms with van der Waals surface area (Å²) >= 11 is 0. The number of carbonyl (C=O) groups is 1. The van der Waals surface area contributed by atoms with Gasteiger partial charge in [-0.15, -0.1) is 0 Å². The van der Waals surface area contributed by atoms with E-state index in [0.717, 1.165) is 18.7 Å². The van der Waals surface area contributed by atoms with Crippen LogP contribution < -0.4 is 0 Å². The maximum Gasteiger partial charge on any atom is 0.410 e. The SMILES string of the molecule is O=C(OCc1ccccc1)N1C[C@@H](O)[C@H](N2CCCC2)C1. The van der Waals surface area contributed by atoms with Gasteiger partial charge in [0.15, 0.2) is 0 Å². The van der Waals surface area contributed by atoms with Crippen molar-refractivity contribution in [2.75, 3.05) is 26.2 Å². The number of aliphatic hydroxyl groups excluding tert-OH is 1. The summed E-state index contributed by atoms with van der Waals surface area (Å²) < 4.78 is 5.33. The Kier molecular flexibility index (Phi) is 4.41. The number of aliphatic hydroxyl groups is 1. The summed E-state index contributed by atoms with van der Waals surface area (Å²) in [4.78, 5) is 16.0. The van der Waals surface area contributed by atoms with Crippen molar-refractivity contribution in [2.24, 2.45) is 0 Å². The van der Waals surface area contributed by atoms with Gasteiger partial charge >= 0.3 is 6.09 Å². The minimum atomic E-state index is -0.465. The highest BCUT2D eigenvalue weighted by Gasteiger charge is 2.38. The molecule has 2 aliphatic rings. The molecule has 2 atom stereocenters. The van der Waals surface area contributed by atoms with E-state index in [4.69, 9.17) is 4.74 Å². The number of likely N-dealkylation sites (tertiary alicyclic amines) is 2. The van der Waals surface area contributed by atoms with Crippen LogP contribution in [0.3, 0.4) is 0 Å². The Morgan fingerprint density at radius 1 is 1.19 bits per heavy atom.